The van der Waals surface area contributed by atoms with Crippen LogP contribution in [0, 0.1) is 5.92 Å². The van der Waals surface area contributed by atoms with E-state index in [9.17, 15) is 14.4 Å². The van der Waals surface area contributed by atoms with Crippen LogP contribution in [0.1, 0.15) is 56.6 Å². The van der Waals surface area contributed by atoms with Crippen LogP contribution in [0.25, 0.3) is 0 Å². The Morgan fingerprint density at radius 3 is 2.52 bits per heavy atom. The lowest BCUT2D eigenvalue weighted by Gasteiger charge is -2.33. The van der Waals surface area contributed by atoms with Crippen LogP contribution in [-0.4, -0.2) is 53.8 Å². The number of benzene rings is 2. The minimum Gasteiger partial charge on any atom is -0.370 e. The van der Waals surface area contributed by atoms with Crippen molar-refractivity contribution in [2.45, 2.75) is 20.0 Å². The normalized spacial score (nSPS) is 19.1. The number of carbonyl (C=O) groups is 3. The molecule has 0 saturated carbocycles. The SMILES string of the molecule is CC(C)CN1C(=O)c2ccc(C(=O)N3CCO[C@@H](c4ccccc4)C3)cc2C1=O. The maximum absolute atomic E-state index is 13.1. The molecule has 6 nitrogen and oxygen atoms in total. The van der Waals surface area contributed by atoms with Gasteiger partial charge in [-0.3, -0.25) is 19.3 Å². The highest BCUT2D eigenvalue weighted by Gasteiger charge is 2.36. The number of carbonyl (C=O) groups excluding carboxylic acids is 3. The third-order valence-corrected chi connectivity index (χ3v) is 5.29. The van der Waals surface area contributed by atoms with E-state index in [0.29, 0.717) is 42.9 Å². The van der Waals surface area contributed by atoms with Crippen molar-refractivity contribution in [1.29, 1.82) is 0 Å². The minimum atomic E-state index is -0.322. The summed E-state index contributed by atoms with van der Waals surface area (Å²) in [4.78, 5) is 41.3. The first-order valence-corrected chi connectivity index (χ1v) is 9.91. The third kappa shape index (κ3) is 3.68. The number of imide groups is 1. The van der Waals surface area contributed by atoms with Crippen molar-refractivity contribution in [1.82, 2.24) is 9.80 Å². The average molecular weight is 392 g/mol. The second-order valence-corrected chi connectivity index (χ2v) is 7.90. The van der Waals surface area contributed by atoms with Crippen LogP contribution < -0.4 is 0 Å². The molecule has 4 rings (SSSR count). The maximum Gasteiger partial charge on any atom is 0.261 e. The molecule has 150 valence electrons. The molecular formula is C23H24N2O4. The van der Waals surface area contributed by atoms with Gasteiger partial charge in [-0.05, 0) is 29.7 Å². The van der Waals surface area contributed by atoms with Gasteiger partial charge in [-0.25, -0.2) is 0 Å². The summed E-state index contributed by atoms with van der Waals surface area (Å²) < 4.78 is 5.84. The summed E-state index contributed by atoms with van der Waals surface area (Å²) in [7, 11) is 0. The molecular weight excluding hydrogens is 368 g/mol. The van der Waals surface area contributed by atoms with Gasteiger partial charge in [-0.2, -0.15) is 0 Å². The van der Waals surface area contributed by atoms with Gasteiger partial charge >= 0.3 is 0 Å². The summed E-state index contributed by atoms with van der Waals surface area (Å²) in [5.74, 6) is -0.577. The Morgan fingerprint density at radius 1 is 1.07 bits per heavy atom. The Balaban J connectivity index is 1.54. The number of ether oxygens (including phenoxy) is 1. The Labute approximate surface area is 170 Å². The highest BCUT2D eigenvalue weighted by Crippen LogP contribution is 2.27. The van der Waals surface area contributed by atoms with Crippen molar-refractivity contribution in [3.8, 4) is 0 Å². The maximum atomic E-state index is 13.1. The molecule has 2 aromatic carbocycles. The van der Waals surface area contributed by atoms with Crippen molar-refractivity contribution in [3.63, 3.8) is 0 Å². The zero-order valence-electron chi connectivity index (χ0n) is 16.6. The van der Waals surface area contributed by atoms with Crippen LogP contribution in [0.4, 0.5) is 0 Å². The Bertz CT molecular complexity index is 955. The fourth-order valence-corrected chi connectivity index (χ4v) is 3.84. The van der Waals surface area contributed by atoms with Crippen LogP contribution >= 0.6 is 0 Å². The highest BCUT2D eigenvalue weighted by atomic mass is 16.5. The Kier molecular flexibility index (Phi) is 5.20. The molecule has 0 bridgehead atoms. The van der Waals surface area contributed by atoms with Crippen molar-refractivity contribution < 1.29 is 19.1 Å². The zero-order valence-corrected chi connectivity index (χ0v) is 16.6. The summed E-state index contributed by atoms with van der Waals surface area (Å²) in [6.45, 7) is 5.69. The summed E-state index contributed by atoms with van der Waals surface area (Å²) in [5, 5.41) is 0. The number of rotatable bonds is 4. The monoisotopic (exact) mass is 392 g/mol. The van der Waals surface area contributed by atoms with Crippen molar-refractivity contribution in [2.75, 3.05) is 26.2 Å². The van der Waals surface area contributed by atoms with Crippen LogP contribution in [-0.2, 0) is 4.74 Å². The molecule has 2 aliphatic rings. The van der Waals surface area contributed by atoms with Crippen molar-refractivity contribution >= 4 is 17.7 Å². The molecule has 2 aliphatic heterocycles. The predicted molar refractivity (Wildman–Crippen MR) is 108 cm³/mol. The van der Waals surface area contributed by atoms with E-state index in [1.807, 2.05) is 44.2 Å². The molecule has 3 amide bonds. The van der Waals surface area contributed by atoms with E-state index in [-0.39, 0.29) is 29.7 Å². The molecule has 1 fully saturated rings. The fourth-order valence-electron chi connectivity index (χ4n) is 3.84. The van der Waals surface area contributed by atoms with Gasteiger partial charge < -0.3 is 9.64 Å². The first-order valence-electron chi connectivity index (χ1n) is 9.91. The third-order valence-electron chi connectivity index (χ3n) is 5.29. The first-order chi connectivity index (χ1) is 14.0. The van der Waals surface area contributed by atoms with Gasteiger partial charge in [0, 0.05) is 18.7 Å². The molecule has 0 spiro atoms. The van der Waals surface area contributed by atoms with Gasteiger partial charge in [-0.1, -0.05) is 44.2 Å². The fraction of sp³-hybridized carbons (Fsp3) is 0.348. The predicted octanol–water partition coefficient (Wildman–Crippen LogP) is 3.15. The summed E-state index contributed by atoms with van der Waals surface area (Å²) in [6, 6.07) is 14.6. The van der Waals surface area contributed by atoms with Crippen LogP contribution in [0.15, 0.2) is 48.5 Å². The molecule has 2 aromatic rings. The van der Waals surface area contributed by atoms with Crippen LogP contribution in [0.3, 0.4) is 0 Å². The van der Waals surface area contributed by atoms with E-state index in [2.05, 4.69) is 0 Å². The molecule has 0 aliphatic carbocycles. The van der Waals surface area contributed by atoms with Gasteiger partial charge in [0.25, 0.3) is 17.7 Å². The molecule has 0 aromatic heterocycles. The lowest BCUT2D eigenvalue weighted by molar-refractivity contribution is -0.0228. The van der Waals surface area contributed by atoms with Crippen molar-refractivity contribution in [3.05, 3.63) is 70.8 Å². The number of nitrogens with zero attached hydrogens (tertiary/aromatic N) is 2. The van der Waals surface area contributed by atoms with Crippen LogP contribution in [0.5, 0.6) is 0 Å². The number of morpholine rings is 1. The lowest BCUT2D eigenvalue weighted by Crippen LogP contribution is -2.42. The van der Waals surface area contributed by atoms with E-state index < -0.39 is 0 Å². The standard InChI is InChI=1S/C23H24N2O4/c1-15(2)13-25-22(27)18-9-8-17(12-19(18)23(25)28)21(26)24-10-11-29-20(14-24)16-6-4-3-5-7-16/h3-9,12,15,20H,10-11,13-14H2,1-2H3/t20-/m1/s1. The molecule has 0 N–H and O–H groups in total. The second-order valence-electron chi connectivity index (χ2n) is 7.90. The lowest BCUT2D eigenvalue weighted by atomic mass is 10.0. The molecule has 1 atom stereocenters. The molecule has 1 saturated heterocycles. The highest BCUT2D eigenvalue weighted by molar-refractivity contribution is 6.22. The minimum absolute atomic E-state index is 0.153. The van der Waals surface area contributed by atoms with E-state index in [4.69, 9.17) is 4.74 Å². The molecule has 0 radical (unpaired) electrons. The zero-order chi connectivity index (χ0) is 20.5. The van der Waals surface area contributed by atoms with Gasteiger partial charge in [0.15, 0.2) is 0 Å². The Hall–Kier alpha value is -2.99. The molecule has 2 heterocycles. The average Bonchev–Trinajstić information content (AvgIpc) is 2.98. The smallest absolute Gasteiger partial charge is 0.261 e. The number of fused-ring (bicyclic) bond motifs is 1. The molecule has 0 unspecified atom stereocenters. The largest absolute Gasteiger partial charge is 0.370 e. The summed E-state index contributed by atoms with van der Waals surface area (Å²) in [5.41, 5.74) is 2.14. The molecule has 6 heteroatoms. The first kappa shape index (κ1) is 19.3. The summed E-state index contributed by atoms with van der Waals surface area (Å²) in [6.07, 6.45) is -0.173. The van der Waals surface area contributed by atoms with Gasteiger partial charge in [0.05, 0.1) is 24.3 Å². The topological polar surface area (TPSA) is 66.9 Å². The van der Waals surface area contributed by atoms with Gasteiger partial charge in [0.1, 0.15) is 6.10 Å². The Morgan fingerprint density at radius 2 is 1.79 bits per heavy atom. The van der Waals surface area contributed by atoms with Gasteiger partial charge in [-0.15, -0.1) is 0 Å². The second kappa shape index (κ2) is 7.79. The van der Waals surface area contributed by atoms with E-state index in [1.165, 1.54) is 4.90 Å². The number of amides is 3. The quantitative estimate of drug-likeness (QED) is 0.750. The van der Waals surface area contributed by atoms with E-state index in [0.717, 1.165) is 5.56 Å². The van der Waals surface area contributed by atoms with Crippen molar-refractivity contribution in [2.24, 2.45) is 5.92 Å². The number of hydrogen-bond donors (Lipinski definition) is 0. The van der Waals surface area contributed by atoms with E-state index >= 15 is 0 Å². The van der Waals surface area contributed by atoms with E-state index in [1.54, 1.807) is 23.1 Å². The van der Waals surface area contributed by atoms with Crippen LogP contribution in [0.2, 0.25) is 0 Å². The van der Waals surface area contributed by atoms with Gasteiger partial charge in [0.2, 0.25) is 0 Å². The molecule has 29 heavy (non-hydrogen) atoms. The number of hydrogen-bond acceptors (Lipinski definition) is 4. The summed E-state index contributed by atoms with van der Waals surface area (Å²) >= 11 is 0.